The van der Waals surface area contributed by atoms with E-state index in [-0.39, 0.29) is 18.3 Å². The third-order valence-corrected chi connectivity index (χ3v) is 4.44. The van der Waals surface area contributed by atoms with Crippen molar-refractivity contribution in [3.63, 3.8) is 0 Å². The smallest absolute Gasteiger partial charge is 0.340 e. The number of carbonyl (C=O) groups is 1. The zero-order valence-corrected chi connectivity index (χ0v) is 15.6. The van der Waals surface area contributed by atoms with Gasteiger partial charge in [-0.25, -0.2) is 4.79 Å². The number of carbonyl (C=O) groups excluding carboxylic acids is 1. The number of hydrogen-bond acceptors (Lipinski definition) is 4. The second-order valence-electron chi connectivity index (χ2n) is 6.87. The van der Waals surface area contributed by atoms with Gasteiger partial charge in [0, 0.05) is 23.2 Å². The fourth-order valence-corrected chi connectivity index (χ4v) is 3.24. The normalized spacial score (nSPS) is 11.3. The summed E-state index contributed by atoms with van der Waals surface area (Å²) in [5.74, 6) is -0.192. The highest BCUT2D eigenvalue weighted by atomic mass is 16.5. The highest BCUT2D eigenvalue weighted by Crippen LogP contribution is 2.35. The van der Waals surface area contributed by atoms with Gasteiger partial charge in [0.25, 0.3) is 0 Å². The van der Waals surface area contributed by atoms with Gasteiger partial charge in [-0.1, -0.05) is 30.3 Å². The average molecular weight is 352 g/mol. The molecular weight excluding hydrogens is 328 g/mol. The molecule has 26 heavy (non-hydrogen) atoms. The van der Waals surface area contributed by atoms with Crippen LogP contribution < -0.4 is 0 Å². The van der Waals surface area contributed by atoms with Crippen LogP contribution in [0.2, 0.25) is 0 Å². The molecule has 5 nitrogen and oxygen atoms in total. The summed E-state index contributed by atoms with van der Waals surface area (Å²) >= 11 is 0. The lowest BCUT2D eigenvalue weighted by Crippen LogP contribution is -2.13. The number of rotatable bonds is 5. The third-order valence-electron chi connectivity index (χ3n) is 4.44. The molecule has 1 aromatic heterocycles. The minimum atomic E-state index is -0.386. The number of nitrogens with one attached hydrogen (secondary N) is 1. The lowest BCUT2D eigenvalue weighted by atomic mass is 10.0. The van der Waals surface area contributed by atoms with Crippen LogP contribution >= 0.6 is 0 Å². The van der Waals surface area contributed by atoms with E-state index in [0.717, 1.165) is 33.3 Å². The molecule has 0 saturated heterocycles. The van der Waals surface area contributed by atoms with E-state index < -0.39 is 0 Å². The molecule has 0 aliphatic rings. The Kier molecular flexibility index (Phi) is 5.00. The van der Waals surface area contributed by atoms with E-state index in [1.54, 1.807) is 6.07 Å². The maximum absolute atomic E-state index is 12.8. The van der Waals surface area contributed by atoms with Crippen LogP contribution in [0.15, 0.2) is 36.4 Å². The van der Waals surface area contributed by atoms with Crippen molar-refractivity contribution in [3.8, 4) is 5.75 Å². The molecule has 0 spiro atoms. The van der Waals surface area contributed by atoms with E-state index in [2.05, 4.69) is 4.98 Å². The Morgan fingerprint density at radius 3 is 2.54 bits per heavy atom. The summed E-state index contributed by atoms with van der Waals surface area (Å²) in [7, 11) is 3.86. The first-order valence-corrected chi connectivity index (χ1v) is 8.58. The molecule has 0 fully saturated rings. The molecule has 5 heteroatoms. The van der Waals surface area contributed by atoms with Gasteiger partial charge in [-0.05, 0) is 45.1 Å². The first-order valence-electron chi connectivity index (χ1n) is 8.58. The zero-order chi connectivity index (χ0) is 18.8. The molecule has 3 aromatic rings. The van der Waals surface area contributed by atoms with E-state index >= 15 is 0 Å². The van der Waals surface area contributed by atoms with Gasteiger partial charge in [0.15, 0.2) is 0 Å². The van der Waals surface area contributed by atoms with Crippen LogP contribution in [0.1, 0.15) is 32.7 Å². The average Bonchev–Trinajstić information content (AvgIpc) is 2.95. The first-order chi connectivity index (χ1) is 12.4. The molecule has 0 bridgehead atoms. The zero-order valence-electron chi connectivity index (χ0n) is 15.6. The summed E-state index contributed by atoms with van der Waals surface area (Å²) in [5, 5.41) is 11.2. The maximum atomic E-state index is 12.8. The van der Waals surface area contributed by atoms with Crippen molar-refractivity contribution in [1.29, 1.82) is 0 Å². The van der Waals surface area contributed by atoms with E-state index in [1.165, 1.54) is 0 Å². The maximum Gasteiger partial charge on any atom is 0.340 e. The Morgan fingerprint density at radius 1 is 1.19 bits per heavy atom. The van der Waals surface area contributed by atoms with E-state index in [4.69, 9.17) is 4.74 Å². The monoisotopic (exact) mass is 352 g/mol. The highest BCUT2D eigenvalue weighted by Gasteiger charge is 2.23. The molecule has 0 aliphatic carbocycles. The highest BCUT2D eigenvalue weighted by molar-refractivity contribution is 6.08. The standard InChI is InChI=1S/C21H24N2O3/c1-13-10-17(24)16(11-23(3)4)19-18(14(2)22-20(13)19)21(25)26-12-15-8-6-5-7-9-15/h5-10,22,24H,11-12H2,1-4H3. The van der Waals surface area contributed by atoms with Gasteiger partial charge < -0.3 is 19.7 Å². The van der Waals surface area contributed by atoms with Crippen LogP contribution in [0, 0.1) is 13.8 Å². The number of aryl methyl sites for hydroxylation is 2. The van der Waals surface area contributed by atoms with E-state index in [0.29, 0.717) is 12.1 Å². The quantitative estimate of drug-likeness (QED) is 0.683. The van der Waals surface area contributed by atoms with Crippen molar-refractivity contribution in [1.82, 2.24) is 9.88 Å². The number of H-pyrrole nitrogens is 1. The lowest BCUT2D eigenvalue weighted by molar-refractivity contribution is 0.0474. The van der Waals surface area contributed by atoms with Crippen molar-refractivity contribution >= 4 is 16.9 Å². The van der Waals surface area contributed by atoms with Crippen LogP contribution in [0.25, 0.3) is 10.9 Å². The summed E-state index contributed by atoms with van der Waals surface area (Å²) in [6.07, 6.45) is 0. The van der Waals surface area contributed by atoms with Crippen LogP contribution in [0.3, 0.4) is 0 Å². The molecule has 0 atom stereocenters. The molecule has 0 unspecified atom stereocenters. The second kappa shape index (κ2) is 7.22. The SMILES string of the molecule is Cc1[nH]c2c(C)cc(O)c(CN(C)C)c2c1C(=O)OCc1ccccc1. The van der Waals surface area contributed by atoms with Crippen molar-refractivity contribution < 1.29 is 14.6 Å². The molecule has 136 valence electrons. The van der Waals surface area contributed by atoms with Crippen molar-refractivity contribution in [2.45, 2.75) is 27.0 Å². The number of phenols is 1. The summed E-state index contributed by atoms with van der Waals surface area (Å²) in [4.78, 5) is 18.1. The number of nitrogens with zero attached hydrogens (tertiary/aromatic N) is 1. The molecule has 2 N–H and O–H groups in total. The molecular formula is C21H24N2O3. The number of ether oxygens (including phenoxy) is 1. The molecule has 1 heterocycles. The predicted molar refractivity (Wildman–Crippen MR) is 102 cm³/mol. The molecule has 0 aliphatic heterocycles. The van der Waals surface area contributed by atoms with E-state index in [1.807, 2.05) is 63.2 Å². The Hall–Kier alpha value is -2.79. The Balaban J connectivity index is 2.04. The number of phenolic OH excluding ortho intramolecular Hbond substituents is 1. The molecule has 0 saturated carbocycles. The Bertz CT molecular complexity index is 943. The number of hydrogen-bond donors (Lipinski definition) is 2. The molecule has 0 amide bonds. The van der Waals surface area contributed by atoms with Crippen LogP contribution in [-0.2, 0) is 17.9 Å². The van der Waals surface area contributed by atoms with Crippen LogP contribution in [0.4, 0.5) is 0 Å². The minimum absolute atomic E-state index is 0.194. The van der Waals surface area contributed by atoms with Crippen LogP contribution in [-0.4, -0.2) is 35.1 Å². The first kappa shape index (κ1) is 18.0. The van der Waals surface area contributed by atoms with E-state index in [9.17, 15) is 9.90 Å². The van der Waals surface area contributed by atoms with Gasteiger partial charge in [0.05, 0.1) is 11.1 Å². The van der Waals surface area contributed by atoms with Crippen molar-refractivity contribution in [3.05, 3.63) is 64.3 Å². The van der Waals surface area contributed by atoms with Crippen molar-refractivity contribution in [2.75, 3.05) is 14.1 Å². The molecule has 3 rings (SSSR count). The number of fused-ring (bicyclic) bond motifs is 1. The summed E-state index contributed by atoms with van der Waals surface area (Å²) in [6, 6.07) is 11.3. The largest absolute Gasteiger partial charge is 0.508 e. The fourth-order valence-electron chi connectivity index (χ4n) is 3.24. The number of aromatic nitrogens is 1. The van der Waals surface area contributed by atoms with Gasteiger partial charge in [-0.3, -0.25) is 0 Å². The number of aromatic amines is 1. The second-order valence-corrected chi connectivity index (χ2v) is 6.87. The third kappa shape index (κ3) is 3.44. The van der Waals surface area contributed by atoms with Gasteiger partial charge in [0.1, 0.15) is 12.4 Å². The van der Waals surface area contributed by atoms with Crippen molar-refractivity contribution in [2.24, 2.45) is 0 Å². The van der Waals surface area contributed by atoms with Gasteiger partial charge in [0.2, 0.25) is 0 Å². The van der Waals surface area contributed by atoms with Gasteiger partial charge in [-0.2, -0.15) is 0 Å². The number of esters is 1. The molecule has 2 aromatic carbocycles. The predicted octanol–water partition coefficient (Wildman–Crippen LogP) is 3.91. The van der Waals surface area contributed by atoms with Gasteiger partial charge in [-0.15, -0.1) is 0 Å². The topological polar surface area (TPSA) is 65.6 Å². The lowest BCUT2D eigenvalue weighted by Gasteiger charge is -2.15. The number of benzene rings is 2. The van der Waals surface area contributed by atoms with Gasteiger partial charge >= 0.3 is 5.97 Å². The molecule has 0 radical (unpaired) electrons. The number of aromatic hydroxyl groups is 1. The summed E-state index contributed by atoms with van der Waals surface area (Å²) in [6.45, 7) is 4.51. The Morgan fingerprint density at radius 2 is 1.88 bits per heavy atom. The summed E-state index contributed by atoms with van der Waals surface area (Å²) in [5.41, 5.74) is 4.66. The minimum Gasteiger partial charge on any atom is -0.508 e. The fraction of sp³-hybridized carbons (Fsp3) is 0.286. The Labute approximate surface area is 153 Å². The summed E-state index contributed by atoms with van der Waals surface area (Å²) < 4.78 is 5.55. The van der Waals surface area contributed by atoms with Crippen LogP contribution in [0.5, 0.6) is 5.75 Å².